The smallest absolute Gasteiger partial charge is 0.245 e. The first-order chi connectivity index (χ1) is 3.81. The van der Waals surface area contributed by atoms with Crippen molar-refractivity contribution in [3.05, 3.63) is 0 Å². The molecule has 0 fully saturated rings. The maximum atomic E-state index is 10.2. The van der Waals surface area contributed by atoms with E-state index in [2.05, 4.69) is 10.1 Å². The molecule has 0 saturated heterocycles. The third-order valence-electron chi connectivity index (χ3n) is 0.603. The van der Waals surface area contributed by atoms with Crippen LogP contribution < -0.4 is 5.32 Å². The molecule has 48 valence electrons. The molecule has 0 aliphatic carbocycles. The quantitative estimate of drug-likeness (QED) is 0.454. The molecule has 2 N–H and O–H groups in total. The van der Waals surface area contributed by atoms with Crippen molar-refractivity contribution in [2.75, 3.05) is 20.4 Å². The van der Waals surface area contributed by atoms with Crippen molar-refractivity contribution in [2.24, 2.45) is 0 Å². The van der Waals surface area contributed by atoms with Gasteiger partial charge in [0.25, 0.3) is 0 Å². The zero-order valence-electron chi connectivity index (χ0n) is 4.68. The van der Waals surface area contributed by atoms with Crippen molar-refractivity contribution in [1.29, 1.82) is 0 Å². The molecule has 0 radical (unpaired) electrons. The third kappa shape index (κ3) is 3.58. The SMILES string of the molecule is CNC(=O)COCO. The molecule has 0 unspecified atom stereocenters. The second kappa shape index (κ2) is 4.55. The monoisotopic (exact) mass is 119 g/mol. The van der Waals surface area contributed by atoms with Crippen LogP contribution in [0.5, 0.6) is 0 Å². The van der Waals surface area contributed by atoms with E-state index in [1.54, 1.807) is 0 Å². The van der Waals surface area contributed by atoms with Crippen LogP contribution in [0, 0.1) is 0 Å². The summed E-state index contributed by atoms with van der Waals surface area (Å²) in [5.41, 5.74) is 0. The van der Waals surface area contributed by atoms with E-state index in [1.807, 2.05) is 0 Å². The lowest BCUT2D eigenvalue weighted by atomic mass is 10.7. The Labute approximate surface area is 47.5 Å². The van der Waals surface area contributed by atoms with Crippen LogP contribution in [0.2, 0.25) is 0 Å². The molecule has 0 aliphatic heterocycles. The number of aliphatic hydroxyl groups is 1. The van der Waals surface area contributed by atoms with Crippen molar-refractivity contribution in [3.8, 4) is 0 Å². The van der Waals surface area contributed by atoms with Gasteiger partial charge in [0.05, 0.1) is 0 Å². The average Bonchev–Trinajstić information content (AvgIpc) is 1.83. The highest BCUT2D eigenvalue weighted by Crippen LogP contribution is 1.67. The van der Waals surface area contributed by atoms with Gasteiger partial charge in [0, 0.05) is 7.05 Å². The fraction of sp³-hybridized carbons (Fsp3) is 0.750. The lowest BCUT2D eigenvalue weighted by molar-refractivity contribution is -0.128. The molecule has 0 aromatic heterocycles. The molecule has 4 heteroatoms. The molecule has 0 aromatic rings. The van der Waals surface area contributed by atoms with E-state index < -0.39 is 6.79 Å². The number of ether oxygens (including phenoxy) is 1. The lowest BCUT2D eigenvalue weighted by Gasteiger charge is -1.96. The summed E-state index contributed by atoms with van der Waals surface area (Å²) < 4.78 is 4.33. The Kier molecular flexibility index (Phi) is 4.20. The molecular formula is C4H9NO3. The summed E-state index contributed by atoms with van der Waals surface area (Å²) >= 11 is 0. The minimum Gasteiger partial charge on any atom is -0.371 e. The van der Waals surface area contributed by atoms with Crippen LogP contribution in [0.4, 0.5) is 0 Å². The zero-order valence-corrected chi connectivity index (χ0v) is 4.68. The second-order valence-electron chi connectivity index (χ2n) is 1.15. The van der Waals surface area contributed by atoms with Crippen LogP contribution in [0.25, 0.3) is 0 Å². The molecular weight excluding hydrogens is 110 g/mol. The first-order valence-electron chi connectivity index (χ1n) is 2.20. The summed E-state index contributed by atoms with van der Waals surface area (Å²) in [5.74, 6) is -0.237. The van der Waals surface area contributed by atoms with Crippen molar-refractivity contribution in [1.82, 2.24) is 5.32 Å². The number of carbonyl (C=O) groups is 1. The summed E-state index contributed by atoms with van der Waals surface area (Å²) in [6.07, 6.45) is 0. The Balaban J connectivity index is 2.99. The highest BCUT2D eigenvalue weighted by molar-refractivity contribution is 5.76. The van der Waals surface area contributed by atoms with Crippen molar-refractivity contribution < 1.29 is 14.6 Å². The van der Waals surface area contributed by atoms with E-state index in [1.165, 1.54) is 7.05 Å². The van der Waals surface area contributed by atoms with Gasteiger partial charge in [-0.3, -0.25) is 4.79 Å². The lowest BCUT2D eigenvalue weighted by Crippen LogP contribution is -2.23. The number of nitrogens with one attached hydrogen (secondary N) is 1. The Morgan fingerprint density at radius 1 is 1.88 bits per heavy atom. The first kappa shape index (κ1) is 7.39. The first-order valence-corrected chi connectivity index (χ1v) is 2.20. The van der Waals surface area contributed by atoms with Gasteiger partial charge in [-0.25, -0.2) is 0 Å². The van der Waals surface area contributed by atoms with Gasteiger partial charge in [-0.15, -0.1) is 0 Å². The van der Waals surface area contributed by atoms with E-state index in [-0.39, 0.29) is 12.5 Å². The topological polar surface area (TPSA) is 58.6 Å². The van der Waals surface area contributed by atoms with E-state index in [9.17, 15) is 4.79 Å². The number of hydrogen-bond acceptors (Lipinski definition) is 3. The van der Waals surface area contributed by atoms with Crippen molar-refractivity contribution in [3.63, 3.8) is 0 Å². The summed E-state index contributed by atoms with van der Waals surface area (Å²) in [6.45, 7) is -0.486. The number of carbonyl (C=O) groups excluding carboxylic acids is 1. The predicted octanol–water partition coefficient (Wildman–Crippen LogP) is -1.30. The summed E-state index contributed by atoms with van der Waals surface area (Å²) in [5, 5.41) is 10.3. The number of likely N-dealkylation sites (N-methyl/N-ethyl adjacent to an activating group) is 1. The standard InChI is InChI=1S/C4H9NO3/c1-5-4(7)2-8-3-6/h6H,2-3H2,1H3,(H,5,7). The highest BCUT2D eigenvalue weighted by Gasteiger charge is 1.93. The van der Waals surface area contributed by atoms with Gasteiger partial charge in [0.1, 0.15) is 13.4 Å². The summed E-state index contributed by atoms with van der Waals surface area (Å²) in [7, 11) is 1.50. The zero-order chi connectivity index (χ0) is 6.41. The summed E-state index contributed by atoms with van der Waals surface area (Å²) in [4.78, 5) is 10.2. The molecule has 0 heterocycles. The van der Waals surface area contributed by atoms with E-state index >= 15 is 0 Å². The Morgan fingerprint density at radius 3 is 2.88 bits per heavy atom. The van der Waals surface area contributed by atoms with Gasteiger partial charge in [-0.05, 0) is 0 Å². The Hall–Kier alpha value is -0.610. The molecule has 0 spiro atoms. The van der Waals surface area contributed by atoms with Gasteiger partial charge in [-0.2, -0.15) is 0 Å². The van der Waals surface area contributed by atoms with Crippen LogP contribution in [0.3, 0.4) is 0 Å². The third-order valence-corrected chi connectivity index (χ3v) is 0.603. The maximum Gasteiger partial charge on any atom is 0.245 e. The molecule has 0 aromatic carbocycles. The Bertz CT molecular complexity index is 73.7. The van der Waals surface area contributed by atoms with Crippen LogP contribution in [0.15, 0.2) is 0 Å². The minimum atomic E-state index is -0.409. The number of hydrogen-bond donors (Lipinski definition) is 2. The van der Waals surface area contributed by atoms with Crippen LogP contribution in [-0.4, -0.2) is 31.5 Å². The van der Waals surface area contributed by atoms with E-state index in [4.69, 9.17) is 5.11 Å². The molecule has 0 atom stereocenters. The molecule has 0 aliphatic rings. The van der Waals surface area contributed by atoms with E-state index in [0.29, 0.717) is 0 Å². The minimum absolute atomic E-state index is 0.0764. The molecule has 0 rings (SSSR count). The van der Waals surface area contributed by atoms with Crippen LogP contribution >= 0.6 is 0 Å². The normalized spacial score (nSPS) is 8.75. The molecule has 0 saturated carbocycles. The van der Waals surface area contributed by atoms with Gasteiger partial charge in [0.15, 0.2) is 0 Å². The van der Waals surface area contributed by atoms with Crippen LogP contribution in [-0.2, 0) is 9.53 Å². The molecule has 1 amide bonds. The predicted molar refractivity (Wildman–Crippen MR) is 27.1 cm³/mol. The second-order valence-corrected chi connectivity index (χ2v) is 1.15. The van der Waals surface area contributed by atoms with E-state index in [0.717, 1.165) is 0 Å². The summed E-state index contributed by atoms with van der Waals surface area (Å²) in [6, 6.07) is 0. The van der Waals surface area contributed by atoms with Crippen molar-refractivity contribution in [2.45, 2.75) is 0 Å². The largest absolute Gasteiger partial charge is 0.371 e. The average molecular weight is 119 g/mol. The number of aliphatic hydroxyl groups excluding tert-OH is 1. The fourth-order valence-corrected chi connectivity index (χ4v) is 0.211. The Morgan fingerprint density at radius 2 is 2.50 bits per heavy atom. The van der Waals surface area contributed by atoms with Crippen LogP contribution in [0.1, 0.15) is 0 Å². The van der Waals surface area contributed by atoms with Gasteiger partial charge in [-0.1, -0.05) is 0 Å². The van der Waals surface area contributed by atoms with Crippen molar-refractivity contribution >= 4 is 5.91 Å². The molecule has 4 nitrogen and oxygen atoms in total. The number of amides is 1. The van der Waals surface area contributed by atoms with Gasteiger partial charge >= 0.3 is 0 Å². The number of rotatable bonds is 3. The molecule has 0 bridgehead atoms. The van der Waals surface area contributed by atoms with Gasteiger partial charge in [0.2, 0.25) is 5.91 Å². The van der Waals surface area contributed by atoms with Gasteiger partial charge < -0.3 is 15.2 Å². The molecule has 8 heavy (non-hydrogen) atoms. The fourth-order valence-electron chi connectivity index (χ4n) is 0.211. The highest BCUT2D eigenvalue weighted by atomic mass is 16.6. The maximum absolute atomic E-state index is 10.2.